The zero-order valence-electron chi connectivity index (χ0n) is 11.9. The second-order valence-corrected chi connectivity index (χ2v) is 5.44. The SMILES string of the molecule is CC(C)CCC(C)Nc1nc2cc([N+](=O)[O-])ccc2o1. The maximum atomic E-state index is 10.7. The van der Waals surface area contributed by atoms with Crippen LogP contribution < -0.4 is 5.32 Å². The largest absolute Gasteiger partial charge is 0.424 e. The average molecular weight is 277 g/mol. The van der Waals surface area contributed by atoms with Gasteiger partial charge in [-0.15, -0.1) is 0 Å². The Balaban J connectivity index is 2.09. The number of non-ortho nitro benzene ring substituents is 1. The molecule has 0 saturated carbocycles. The lowest BCUT2D eigenvalue weighted by Crippen LogP contribution is -2.15. The van der Waals surface area contributed by atoms with Gasteiger partial charge >= 0.3 is 0 Å². The van der Waals surface area contributed by atoms with Crippen molar-refractivity contribution in [2.45, 2.75) is 39.7 Å². The number of benzene rings is 1. The Bertz CT molecular complexity index is 607. The molecule has 0 aliphatic heterocycles. The van der Waals surface area contributed by atoms with Gasteiger partial charge in [0.15, 0.2) is 5.58 Å². The molecule has 2 aromatic rings. The fourth-order valence-corrected chi connectivity index (χ4v) is 1.96. The number of hydrogen-bond acceptors (Lipinski definition) is 5. The van der Waals surface area contributed by atoms with Crippen molar-refractivity contribution in [2.75, 3.05) is 5.32 Å². The van der Waals surface area contributed by atoms with E-state index in [9.17, 15) is 10.1 Å². The molecule has 1 N–H and O–H groups in total. The maximum Gasteiger partial charge on any atom is 0.295 e. The number of nitro benzene ring substituents is 1. The highest BCUT2D eigenvalue weighted by atomic mass is 16.6. The number of nitro groups is 1. The van der Waals surface area contributed by atoms with Crippen LogP contribution in [0.25, 0.3) is 11.1 Å². The number of anilines is 1. The quantitative estimate of drug-likeness (QED) is 0.638. The molecule has 2 rings (SSSR count). The van der Waals surface area contributed by atoms with Crippen molar-refractivity contribution in [1.29, 1.82) is 0 Å². The zero-order chi connectivity index (χ0) is 14.7. The Morgan fingerprint density at radius 1 is 1.35 bits per heavy atom. The van der Waals surface area contributed by atoms with Crippen LogP contribution in [0.5, 0.6) is 0 Å². The topological polar surface area (TPSA) is 81.2 Å². The Hall–Kier alpha value is -2.11. The number of nitrogens with one attached hydrogen (secondary N) is 1. The van der Waals surface area contributed by atoms with Gasteiger partial charge in [0.05, 0.1) is 4.92 Å². The third-order valence-corrected chi connectivity index (χ3v) is 3.13. The van der Waals surface area contributed by atoms with Gasteiger partial charge in [0.2, 0.25) is 0 Å². The van der Waals surface area contributed by atoms with Gasteiger partial charge in [-0.3, -0.25) is 10.1 Å². The van der Waals surface area contributed by atoms with Gasteiger partial charge in [-0.25, -0.2) is 0 Å². The highest BCUT2D eigenvalue weighted by Crippen LogP contribution is 2.24. The molecule has 0 bridgehead atoms. The predicted octanol–water partition coefficient (Wildman–Crippen LogP) is 3.97. The van der Waals surface area contributed by atoms with E-state index in [0.717, 1.165) is 12.8 Å². The van der Waals surface area contributed by atoms with Crippen LogP contribution in [0.1, 0.15) is 33.6 Å². The number of fused-ring (bicyclic) bond motifs is 1. The van der Waals surface area contributed by atoms with E-state index in [0.29, 0.717) is 23.0 Å². The maximum absolute atomic E-state index is 10.7. The van der Waals surface area contributed by atoms with Crippen molar-refractivity contribution < 1.29 is 9.34 Å². The minimum Gasteiger partial charge on any atom is -0.424 e. The third kappa shape index (κ3) is 3.46. The molecule has 6 heteroatoms. The standard InChI is InChI=1S/C14H19N3O3/c1-9(2)4-5-10(3)15-14-16-12-8-11(17(18)19)6-7-13(12)20-14/h6-10H,4-5H2,1-3H3,(H,15,16). The molecule has 20 heavy (non-hydrogen) atoms. The van der Waals surface area contributed by atoms with Gasteiger partial charge in [-0.2, -0.15) is 4.98 Å². The second-order valence-electron chi connectivity index (χ2n) is 5.44. The molecule has 0 saturated heterocycles. The monoisotopic (exact) mass is 277 g/mol. The Morgan fingerprint density at radius 3 is 2.75 bits per heavy atom. The second kappa shape index (κ2) is 5.90. The third-order valence-electron chi connectivity index (χ3n) is 3.13. The van der Waals surface area contributed by atoms with E-state index in [1.807, 2.05) is 0 Å². The summed E-state index contributed by atoms with van der Waals surface area (Å²) in [4.78, 5) is 14.5. The average Bonchev–Trinajstić information content (AvgIpc) is 2.77. The van der Waals surface area contributed by atoms with Crippen LogP contribution in [-0.2, 0) is 0 Å². The summed E-state index contributed by atoms with van der Waals surface area (Å²) in [5.41, 5.74) is 1.07. The molecule has 0 aliphatic carbocycles. The van der Waals surface area contributed by atoms with Crippen LogP contribution in [0, 0.1) is 16.0 Å². The van der Waals surface area contributed by atoms with Crippen LogP contribution >= 0.6 is 0 Å². The van der Waals surface area contributed by atoms with Gasteiger partial charge in [0, 0.05) is 18.2 Å². The van der Waals surface area contributed by atoms with Gasteiger partial charge in [0.25, 0.3) is 11.7 Å². The fraction of sp³-hybridized carbons (Fsp3) is 0.500. The first-order valence-corrected chi connectivity index (χ1v) is 6.77. The van der Waals surface area contributed by atoms with Crippen LogP contribution in [0.2, 0.25) is 0 Å². The van der Waals surface area contributed by atoms with Crippen LogP contribution in [-0.4, -0.2) is 15.9 Å². The molecule has 1 unspecified atom stereocenters. The predicted molar refractivity (Wildman–Crippen MR) is 77.8 cm³/mol. The number of hydrogen-bond donors (Lipinski definition) is 1. The summed E-state index contributed by atoms with van der Waals surface area (Å²) in [7, 11) is 0. The first kappa shape index (κ1) is 14.3. The smallest absolute Gasteiger partial charge is 0.295 e. The highest BCUT2D eigenvalue weighted by molar-refractivity contribution is 5.77. The van der Waals surface area contributed by atoms with Crippen molar-refractivity contribution in [3.63, 3.8) is 0 Å². The molecule has 6 nitrogen and oxygen atoms in total. The molecule has 0 aliphatic rings. The fourth-order valence-electron chi connectivity index (χ4n) is 1.96. The van der Waals surface area contributed by atoms with E-state index >= 15 is 0 Å². The molecule has 108 valence electrons. The highest BCUT2D eigenvalue weighted by Gasteiger charge is 2.13. The minimum absolute atomic E-state index is 0.0187. The molecule has 0 spiro atoms. The summed E-state index contributed by atoms with van der Waals surface area (Å²) >= 11 is 0. The van der Waals surface area contributed by atoms with Gasteiger partial charge < -0.3 is 9.73 Å². The Labute approximate surface area is 117 Å². The summed E-state index contributed by atoms with van der Waals surface area (Å²) in [5, 5.41) is 13.9. The lowest BCUT2D eigenvalue weighted by Gasteiger charge is -2.12. The molecule has 1 aromatic heterocycles. The summed E-state index contributed by atoms with van der Waals surface area (Å²) < 4.78 is 5.54. The van der Waals surface area contributed by atoms with Crippen molar-refractivity contribution in [3.8, 4) is 0 Å². The van der Waals surface area contributed by atoms with Crippen LogP contribution in [0.3, 0.4) is 0 Å². The molecular weight excluding hydrogens is 258 g/mol. The summed E-state index contributed by atoms with van der Waals surface area (Å²) in [5.74, 6) is 0.658. The molecule has 0 amide bonds. The molecule has 0 fully saturated rings. The van der Waals surface area contributed by atoms with Crippen molar-refractivity contribution in [2.24, 2.45) is 5.92 Å². The van der Waals surface area contributed by atoms with Crippen LogP contribution in [0.4, 0.5) is 11.7 Å². The lowest BCUT2D eigenvalue weighted by atomic mass is 10.0. The van der Waals surface area contributed by atoms with E-state index < -0.39 is 4.92 Å². The number of rotatable bonds is 6. The number of aromatic nitrogens is 1. The lowest BCUT2D eigenvalue weighted by molar-refractivity contribution is -0.384. The minimum atomic E-state index is -0.438. The van der Waals surface area contributed by atoms with E-state index in [1.54, 1.807) is 6.07 Å². The van der Waals surface area contributed by atoms with Gasteiger partial charge in [0.1, 0.15) is 5.52 Å². The molecule has 0 radical (unpaired) electrons. The van der Waals surface area contributed by atoms with Crippen molar-refractivity contribution in [3.05, 3.63) is 28.3 Å². The molecule has 1 atom stereocenters. The van der Waals surface area contributed by atoms with Gasteiger partial charge in [-0.1, -0.05) is 13.8 Å². The molecular formula is C14H19N3O3. The summed E-state index contributed by atoms with van der Waals surface area (Å²) in [6, 6.07) is 5.07. The normalized spacial score (nSPS) is 12.8. The van der Waals surface area contributed by atoms with Crippen LogP contribution in [0.15, 0.2) is 22.6 Å². The number of oxazole rings is 1. The van der Waals surface area contributed by atoms with E-state index in [2.05, 4.69) is 31.1 Å². The molecule has 1 aromatic carbocycles. The molecule has 1 heterocycles. The zero-order valence-corrected chi connectivity index (χ0v) is 11.9. The van der Waals surface area contributed by atoms with E-state index in [4.69, 9.17) is 4.42 Å². The first-order chi connectivity index (χ1) is 9.45. The summed E-state index contributed by atoms with van der Waals surface area (Å²) in [6.45, 7) is 6.44. The first-order valence-electron chi connectivity index (χ1n) is 6.77. The Kier molecular flexibility index (Phi) is 4.22. The van der Waals surface area contributed by atoms with Crippen molar-refractivity contribution in [1.82, 2.24) is 4.98 Å². The number of nitrogens with zero attached hydrogens (tertiary/aromatic N) is 2. The van der Waals surface area contributed by atoms with Crippen molar-refractivity contribution >= 4 is 22.8 Å². The summed E-state index contributed by atoms with van der Waals surface area (Å²) in [6.07, 6.45) is 2.15. The van der Waals surface area contributed by atoms with E-state index in [1.165, 1.54) is 12.1 Å². The Morgan fingerprint density at radius 2 is 2.10 bits per heavy atom. The van der Waals surface area contributed by atoms with E-state index in [-0.39, 0.29) is 11.7 Å². The van der Waals surface area contributed by atoms with Gasteiger partial charge in [-0.05, 0) is 31.7 Å².